The molecule has 6 aliphatic rings. The topological polar surface area (TPSA) is 32.3 Å². The van der Waals surface area contributed by atoms with Crippen LogP contribution in [-0.4, -0.2) is 35.5 Å². The number of piperazine rings is 1. The Balaban J connectivity index is 1.59. The van der Waals surface area contributed by atoms with E-state index in [2.05, 4.69) is 10.2 Å². The van der Waals surface area contributed by atoms with Crippen LogP contribution >= 0.6 is 0 Å². The molecule has 104 valence electrons. The summed E-state index contributed by atoms with van der Waals surface area (Å²) in [4.78, 5) is 14.9. The van der Waals surface area contributed by atoms with E-state index >= 15 is 0 Å². The lowest BCUT2D eigenvalue weighted by Crippen LogP contribution is -2.74. The van der Waals surface area contributed by atoms with Gasteiger partial charge in [0.15, 0.2) is 0 Å². The van der Waals surface area contributed by atoms with Crippen LogP contribution < -0.4 is 5.32 Å². The maximum absolute atomic E-state index is 12.5. The molecule has 0 radical (unpaired) electrons. The van der Waals surface area contributed by atoms with Crippen LogP contribution in [0.3, 0.4) is 0 Å². The summed E-state index contributed by atoms with van der Waals surface area (Å²) in [6.45, 7) is 1.68. The van der Waals surface area contributed by atoms with Crippen LogP contribution in [0, 0.1) is 23.7 Å². The molecule has 1 amide bonds. The lowest BCUT2D eigenvalue weighted by molar-refractivity contribution is -0.172. The minimum absolute atomic E-state index is 0.226. The summed E-state index contributed by atoms with van der Waals surface area (Å²) >= 11 is 0. The van der Waals surface area contributed by atoms with Gasteiger partial charge < -0.3 is 10.2 Å². The summed E-state index contributed by atoms with van der Waals surface area (Å²) in [5, 5.41) is 3.47. The van der Waals surface area contributed by atoms with Gasteiger partial charge in [-0.2, -0.15) is 0 Å². The van der Waals surface area contributed by atoms with Crippen LogP contribution in [0.15, 0.2) is 0 Å². The van der Waals surface area contributed by atoms with Crippen molar-refractivity contribution in [2.75, 3.05) is 13.1 Å². The molecule has 1 saturated heterocycles. The highest BCUT2D eigenvalue weighted by Crippen LogP contribution is 2.61. The highest BCUT2D eigenvalue weighted by Gasteiger charge is 2.63. The smallest absolute Gasteiger partial charge is 0.237 e. The van der Waals surface area contributed by atoms with Gasteiger partial charge in [-0.25, -0.2) is 0 Å². The van der Waals surface area contributed by atoms with Gasteiger partial charge in [0.2, 0.25) is 5.91 Å². The molecular weight excluding hydrogens is 236 g/mol. The minimum atomic E-state index is 0.226. The zero-order chi connectivity index (χ0) is 12.6. The maximum atomic E-state index is 12.5. The fourth-order valence-electron chi connectivity index (χ4n) is 6.33. The number of hydrogen-bond acceptors (Lipinski definition) is 2. The standard InChI is InChI=1S/C16H24N2O/c19-15-8-17-9-16(18(15)14-1-2-14)12-4-10-3-11(6-12)7-13(16)5-10/h10-14,17H,1-9H2. The number of carbonyl (C=O) groups is 1. The van der Waals surface area contributed by atoms with Crippen molar-refractivity contribution in [2.45, 2.75) is 56.5 Å². The first kappa shape index (κ1) is 11.1. The summed E-state index contributed by atoms with van der Waals surface area (Å²) in [7, 11) is 0. The Labute approximate surface area is 115 Å². The van der Waals surface area contributed by atoms with Crippen molar-refractivity contribution in [3.05, 3.63) is 0 Å². The van der Waals surface area contributed by atoms with E-state index in [-0.39, 0.29) is 5.54 Å². The highest BCUT2D eigenvalue weighted by molar-refractivity contribution is 5.81. The Bertz CT molecular complexity index is 400. The average molecular weight is 260 g/mol. The third-order valence-electron chi connectivity index (χ3n) is 6.87. The number of nitrogens with one attached hydrogen (secondary N) is 1. The summed E-state index contributed by atoms with van der Waals surface area (Å²) in [6.07, 6.45) is 9.65. The minimum Gasteiger partial charge on any atom is -0.331 e. The van der Waals surface area contributed by atoms with Gasteiger partial charge in [-0.3, -0.25) is 4.79 Å². The van der Waals surface area contributed by atoms with Crippen molar-refractivity contribution in [3.63, 3.8) is 0 Å². The molecule has 3 nitrogen and oxygen atoms in total. The summed E-state index contributed by atoms with van der Waals surface area (Å²) < 4.78 is 0. The van der Waals surface area contributed by atoms with Gasteiger partial charge in [-0.05, 0) is 68.6 Å². The van der Waals surface area contributed by atoms with Crippen LogP contribution in [0.4, 0.5) is 0 Å². The zero-order valence-corrected chi connectivity index (χ0v) is 11.6. The molecule has 19 heavy (non-hydrogen) atoms. The molecule has 5 aliphatic carbocycles. The van der Waals surface area contributed by atoms with E-state index < -0.39 is 0 Å². The Kier molecular flexibility index (Phi) is 2.08. The van der Waals surface area contributed by atoms with Crippen LogP contribution in [0.5, 0.6) is 0 Å². The van der Waals surface area contributed by atoms with Gasteiger partial charge in [-0.1, -0.05) is 0 Å². The molecule has 5 saturated carbocycles. The van der Waals surface area contributed by atoms with E-state index in [9.17, 15) is 4.79 Å². The van der Waals surface area contributed by atoms with Crippen molar-refractivity contribution < 1.29 is 4.79 Å². The number of hydrogen-bond donors (Lipinski definition) is 1. The fraction of sp³-hybridized carbons (Fsp3) is 0.938. The Morgan fingerprint density at radius 2 is 1.63 bits per heavy atom. The second-order valence-electron chi connectivity index (χ2n) is 7.89. The average Bonchev–Trinajstić information content (AvgIpc) is 3.19. The number of nitrogens with zero attached hydrogens (tertiary/aromatic N) is 1. The molecule has 0 unspecified atom stereocenters. The van der Waals surface area contributed by atoms with E-state index in [0.29, 0.717) is 18.5 Å². The molecule has 6 rings (SSSR count). The lowest BCUT2D eigenvalue weighted by atomic mass is 9.47. The third-order valence-corrected chi connectivity index (χ3v) is 6.87. The van der Waals surface area contributed by atoms with Crippen LogP contribution in [0.25, 0.3) is 0 Å². The van der Waals surface area contributed by atoms with Crippen LogP contribution in [-0.2, 0) is 4.79 Å². The SMILES string of the molecule is O=C1CNCC2(C3CC4CC(C3)CC2C4)N1C1CC1. The second-order valence-corrected chi connectivity index (χ2v) is 7.89. The molecule has 0 aromatic heterocycles. The van der Waals surface area contributed by atoms with Crippen molar-refractivity contribution in [1.29, 1.82) is 0 Å². The van der Waals surface area contributed by atoms with E-state index in [4.69, 9.17) is 0 Å². The molecule has 0 aromatic carbocycles. The fourth-order valence-corrected chi connectivity index (χ4v) is 6.33. The highest BCUT2D eigenvalue weighted by atomic mass is 16.2. The Hall–Kier alpha value is -0.570. The van der Waals surface area contributed by atoms with Gasteiger partial charge >= 0.3 is 0 Å². The first-order valence-corrected chi connectivity index (χ1v) is 8.30. The molecule has 1 spiro atoms. The first-order chi connectivity index (χ1) is 9.27. The molecular formula is C16H24N2O. The molecule has 3 heteroatoms. The second kappa shape index (κ2) is 3.55. The normalized spacial score (nSPS) is 52.2. The van der Waals surface area contributed by atoms with Gasteiger partial charge in [0.05, 0.1) is 12.1 Å². The lowest BCUT2D eigenvalue weighted by Gasteiger charge is -2.66. The summed E-state index contributed by atoms with van der Waals surface area (Å²) in [5.41, 5.74) is 0.226. The number of amides is 1. The summed E-state index contributed by atoms with van der Waals surface area (Å²) in [6, 6.07) is 0.604. The molecule has 1 heterocycles. The molecule has 0 aromatic rings. The molecule has 6 fully saturated rings. The maximum Gasteiger partial charge on any atom is 0.237 e. The summed E-state index contributed by atoms with van der Waals surface area (Å²) in [5.74, 6) is 4.00. The Morgan fingerprint density at radius 1 is 1.00 bits per heavy atom. The number of rotatable bonds is 1. The van der Waals surface area contributed by atoms with E-state index in [0.717, 1.165) is 30.2 Å². The molecule has 1 N–H and O–H groups in total. The van der Waals surface area contributed by atoms with Gasteiger partial charge in [0.1, 0.15) is 0 Å². The van der Waals surface area contributed by atoms with Crippen molar-refractivity contribution in [1.82, 2.24) is 10.2 Å². The van der Waals surface area contributed by atoms with Crippen LogP contribution in [0.1, 0.15) is 44.9 Å². The predicted molar refractivity (Wildman–Crippen MR) is 72.5 cm³/mol. The molecule has 0 atom stereocenters. The number of carbonyl (C=O) groups excluding carboxylic acids is 1. The molecule has 1 aliphatic heterocycles. The van der Waals surface area contributed by atoms with Gasteiger partial charge in [0, 0.05) is 12.6 Å². The van der Waals surface area contributed by atoms with Crippen molar-refractivity contribution in [3.8, 4) is 0 Å². The largest absolute Gasteiger partial charge is 0.331 e. The molecule has 4 bridgehead atoms. The Morgan fingerprint density at radius 3 is 2.21 bits per heavy atom. The van der Waals surface area contributed by atoms with Gasteiger partial charge in [-0.15, -0.1) is 0 Å². The quantitative estimate of drug-likeness (QED) is 0.779. The predicted octanol–water partition coefficient (Wildman–Crippen LogP) is 1.78. The van der Waals surface area contributed by atoms with Crippen molar-refractivity contribution >= 4 is 5.91 Å². The monoisotopic (exact) mass is 260 g/mol. The zero-order valence-electron chi connectivity index (χ0n) is 11.6. The van der Waals surface area contributed by atoms with E-state index in [1.807, 2.05) is 0 Å². The van der Waals surface area contributed by atoms with E-state index in [1.165, 1.54) is 44.9 Å². The first-order valence-electron chi connectivity index (χ1n) is 8.30. The van der Waals surface area contributed by atoms with Crippen LogP contribution in [0.2, 0.25) is 0 Å². The van der Waals surface area contributed by atoms with E-state index in [1.54, 1.807) is 0 Å². The third kappa shape index (κ3) is 1.35. The van der Waals surface area contributed by atoms with Gasteiger partial charge in [0.25, 0.3) is 0 Å². The van der Waals surface area contributed by atoms with Crippen molar-refractivity contribution in [2.24, 2.45) is 23.7 Å².